The largest absolute Gasteiger partial charge is 0.496 e. The molecule has 0 radical (unpaired) electrons. The fourth-order valence-electron chi connectivity index (χ4n) is 3.52. The average molecular weight is 495 g/mol. The van der Waals surface area contributed by atoms with Gasteiger partial charge >= 0.3 is 6.09 Å². The monoisotopic (exact) mass is 494 g/mol. The van der Waals surface area contributed by atoms with E-state index in [0.29, 0.717) is 37.8 Å². The number of amides is 1. The van der Waals surface area contributed by atoms with Crippen LogP contribution >= 0.6 is 11.3 Å². The molecule has 0 atom stereocenters. The molecule has 4 rings (SSSR count). The van der Waals surface area contributed by atoms with Gasteiger partial charge in [-0.05, 0) is 39.0 Å². The molecule has 1 amide bonds. The third kappa shape index (κ3) is 6.10. The number of ether oxygens (including phenoxy) is 3. The van der Waals surface area contributed by atoms with Crippen molar-refractivity contribution in [2.24, 2.45) is 0 Å². The summed E-state index contributed by atoms with van der Waals surface area (Å²) in [5.74, 6) is 1.77. The maximum absolute atomic E-state index is 12.4. The van der Waals surface area contributed by atoms with Crippen molar-refractivity contribution in [2.45, 2.75) is 26.4 Å². The summed E-state index contributed by atoms with van der Waals surface area (Å²) in [5, 5.41) is 0.849. The standard InChI is InChI=1S/C26H30N4O4S/c1-18(32-5)23-22(19-11-12-21(27-17-19)33-20-9-7-6-8-10-20)28-24(35-23)29-13-15-30(16-14-29)25(31)34-26(2,3)4/h6-12,17H,1,13-16H2,2-5H3. The molecule has 3 heterocycles. The summed E-state index contributed by atoms with van der Waals surface area (Å²) >= 11 is 1.52. The number of rotatable bonds is 6. The van der Waals surface area contributed by atoms with Gasteiger partial charge in [0.2, 0.25) is 5.88 Å². The highest BCUT2D eigenvalue weighted by Gasteiger charge is 2.28. The number of para-hydroxylation sites is 1. The smallest absolute Gasteiger partial charge is 0.410 e. The normalized spacial score (nSPS) is 13.9. The number of hydrogen-bond donors (Lipinski definition) is 0. The van der Waals surface area contributed by atoms with Crippen molar-refractivity contribution < 1.29 is 19.0 Å². The molecule has 8 nitrogen and oxygen atoms in total. The lowest BCUT2D eigenvalue weighted by atomic mass is 10.2. The SMILES string of the molecule is C=C(OC)c1sc(N2CCN(C(=O)OC(C)(C)C)CC2)nc1-c1ccc(Oc2ccccc2)nc1. The minimum atomic E-state index is -0.510. The predicted octanol–water partition coefficient (Wildman–Crippen LogP) is 5.67. The Labute approximate surface area is 209 Å². The second-order valence-corrected chi connectivity index (χ2v) is 10.0. The summed E-state index contributed by atoms with van der Waals surface area (Å²) in [6.07, 6.45) is 1.46. The maximum atomic E-state index is 12.4. The van der Waals surface area contributed by atoms with E-state index in [9.17, 15) is 4.79 Å². The van der Waals surface area contributed by atoms with E-state index in [1.165, 1.54) is 11.3 Å². The number of anilines is 1. The third-order valence-corrected chi connectivity index (χ3v) is 6.45. The molecule has 1 aliphatic rings. The number of aromatic nitrogens is 2. The van der Waals surface area contributed by atoms with E-state index in [4.69, 9.17) is 19.2 Å². The Balaban J connectivity index is 1.50. The van der Waals surface area contributed by atoms with Gasteiger partial charge in [-0.25, -0.2) is 14.8 Å². The molecule has 35 heavy (non-hydrogen) atoms. The fourth-order valence-corrected chi connectivity index (χ4v) is 4.61. The van der Waals surface area contributed by atoms with Gasteiger partial charge in [-0.15, -0.1) is 0 Å². The van der Waals surface area contributed by atoms with Gasteiger partial charge in [-0.3, -0.25) is 0 Å². The number of methoxy groups -OCH3 is 1. The Morgan fingerprint density at radius 3 is 2.37 bits per heavy atom. The van der Waals surface area contributed by atoms with Crippen molar-refractivity contribution in [2.75, 3.05) is 38.2 Å². The topological polar surface area (TPSA) is 77.0 Å². The van der Waals surface area contributed by atoms with E-state index < -0.39 is 5.60 Å². The van der Waals surface area contributed by atoms with Gasteiger partial charge in [0.05, 0.1) is 17.7 Å². The Kier molecular flexibility index (Phi) is 7.25. The Hall–Kier alpha value is -3.59. The van der Waals surface area contributed by atoms with Crippen LogP contribution in [0, 0.1) is 0 Å². The molecular weight excluding hydrogens is 464 g/mol. The second kappa shape index (κ2) is 10.4. The molecule has 1 saturated heterocycles. The lowest BCUT2D eigenvalue weighted by molar-refractivity contribution is 0.0240. The molecule has 1 fully saturated rings. The highest BCUT2D eigenvalue weighted by atomic mass is 32.1. The quantitative estimate of drug-likeness (QED) is 0.409. The number of carbonyl (C=O) groups excluding carboxylic acids is 1. The van der Waals surface area contributed by atoms with Crippen LogP contribution in [0.5, 0.6) is 11.6 Å². The molecule has 3 aromatic rings. The van der Waals surface area contributed by atoms with Crippen molar-refractivity contribution in [3.05, 3.63) is 60.1 Å². The number of piperazine rings is 1. The molecule has 0 N–H and O–H groups in total. The number of benzene rings is 1. The molecule has 0 bridgehead atoms. The van der Waals surface area contributed by atoms with E-state index in [0.717, 1.165) is 27.0 Å². The van der Waals surface area contributed by atoms with Crippen molar-refractivity contribution in [3.63, 3.8) is 0 Å². The van der Waals surface area contributed by atoms with Crippen LogP contribution in [0.1, 0.15) is 25.6 Å². The van der Waals surface area contributed by atoms with E-state index in [1.54, 1.807) is 18.2 Å². The molecule has 9 heteroatoms. The van der Waals surface area contributed by atoms with Gasteiger partial charge in [0.15, 0.2) is 5.13 Å². The van der Waals surface area contributed by atoms with Gasteiger partial charge < -0.3 is 24.0 Å². The average Bonchev–Trinajstić information content (AvgIpc) is 3.29. The molecule has 1 aromatic carbocycles. The molecular formula is C26H30N4O4S. The number of carbonyl (C=O) groups is 1. The van der Waals surface area contributed by atoms with E-state index in [-0.39, 0.29) is 6.09 Å². The van der Waals surface area contributed by atoms with Crippen LogP contribution in [-0.2, 0) is 9.47 Å². The predicted molar refractivity (Wildman–Crippen MR) is 138 cm³/mol. The number of nitrogens with zero attached hydrogens (tertiary/aromatic N) is 4. The number of pyridine rings is 1. The zero-order valence-corrected chi connectivity index (χ0v) is 21.3. The maximum Gasteiger partial charge on any atom is 0.410 e. The first-order chi connectivity index (χ1) is 16.7. The van der Waals surface area contributed by atoms with Crippen LogP contribution in [-0.4, -0.2) is 59.9 Å². The molecule has 2 aromatic heterocycles. The fraction of sp³-hybridized carbons (Fsp3) is 0.346. The Morgan fingerprint density at radius 1 is 1.06 bits per heavy atom. The van der Waals surface area contributed by atoms with Gasteiger partial charge in [0.1, 0.15) is 17.1 Å². The molecule has 0 aliphatic carbocycles. The summed E-state index contributed by atoms with van der Waals surface area (Å²) in [6.45, 7) is 12.1. The molecule has 0 saturated carbocycles. The van der Waals surface area contributed by atoms with Crippen molar-refractivity contribution in [1.82, 2.24) is 14.9 Å². The summed E-state index contributed by atoms with van der Waals surface area (Å²) in [6, 6.07) is 13.3. The van der Waals surface area contributed by atoms with Crippen molar-refractivity contribution in [1.29, 1.82) is 0 Å². The zero-order chi connectivity index (χ0) is 25.0. The van der Waals surface area contributed by atoms with Gasteiger partial charge in [-0.2, -0.15) is 0 Å². The van der Waals surface area contributed by atoms with Crippen molar-refractivity contribution in [3.8, 4) is 22.9 Å². The molecule has 0 unspecified atom stereocenters. The van der Waals surface area contributed by atoms with Crippen LogP contribution in [0.25, 0.3) is 17.0 Å². The third-order valence-electron chi connectivity index (χ3n) is 5.29. The molecule has 0 spiro atoms. The number of hydrogen-bond acceptors (Lipinski definition) is 8. The van der Waals surface area contributed by atoms with Crippen LogP contribution in [0.4, 0.5) is 9.93 Å². The van der Waals surface area contributed by atoms with Crippen LogP contribution < -0.4 is 9.64 Å². The van der Waals surface area contributed by atoms with Crippen molar-refractivity contribution >= 4 is 28.3 Å². The first kappa shape index (κ1) is 24.5. The van der Waals surface area contributed by atoms with Gasteiger partial charge in [-0.1, -0.05) is 36.1 Å². The zero-order valence-electron chi connectivity index (χ0n) is 20.5. The summed E-state index contributed by atoms with van der Waals surface area (Å²) in [7, 11) is 1.60. The van der Waals surface area contributed by atoms with Gasteiger partial charge in [0, 0.05) is 44.0 Å². The van der Waals surface area contributed by atoms with E-state index in [2.05, 4.69) is 16.5 Å². The summed E-state index contributed by atoms with van der Waals surface area (Å²) < 4.78 is 16.7. The van der Waals surface area contributed by atoms with Gasteiger partial charge in [0.25, 0.3) is 0 Å². The lowest BCUT2D eigenvalue weighted by Gasteiger charge is -2.35. The molecule has 184 valence electrons. The van der Waals surface area contributed by atoms with Crippen LogP contribution in [0.15, 0.2) is 55.2 Å². The Morgan fingerprint density at radius 2 is 1.77 bits per heavy atom. The van der Waals surface area contributed by atoms with E-state index in [1.807, 2.05) is 63.2 Å². The second-order valence-electron chi connectivity index (χ2n) is 9.06. The summed E-state index contributed by atoms with van der Waals surface area (Å²) in [4.78, 5) is 26.5. The first-order valence-corrected chi connectivity index (χ1v) is 12.2. The number of thiazole rings is 1. The Bertz CT molecular complexity index is 1160. The van der Waals surface area contributed by atoms with E-state index >= 15 is 0 Å². The lowest BCUT2D eigenvalue weighted by Crippen LogP contribution is -2.50. The van der Waals surface area contributed by atoms with Crippen LogP contribution in [0.3, 0.4) is 0 Å². The summed E-state index contributed by atoms with van der Waals surface area (Å²) in [5.41, 5.74) is 1.09. The molecule has 1 aliphatic heterocycles. The highest BCUT2D eigenvalue weighted by Crippen LogP contribution is 2.38. The minimum absolute atomic E-state index is 0.283. The highest BCUT2D eigenvalue weighted by molar-refractivity contribution is 7.17. The first-order valence-electron chi connectivity index (χ1n) is 11.4. The minimum Gasteiger partial charge on any atom is -0.496 e. The van der Waals surface area contributed by atoms with Crippen LogP contribution in [0.2, 0.25) is 0 Å².